The van der Waals surface area contributed by atoms with Gasteiger partial charge in [-0.15, -0.1) is 0 Å². The lowest BCUT2D eigenvalue weighted by Crippen LogP contribution is -2.45. The minimum absolute atomic E-state index is 0.0819. The molecule has 1 rings (SSSR count). The zero-order valence-corrected chi connectivity index (χ0v) is 13.6. The molecule has 0 aliphatic carbocycles. The first-order chi connectivity index (χ1) is 10.2. The number of nitrogens with one attached hydrogen (secondary N) is 1. The Hall–Kier alpha value is -0.650. The molecular weight excluding hydrogens is 268 g/mol. The number of ether oxygens (including phenoxy) is 1. The topological polar surface area (TPSA) is 61.8 Å². The minimum Gasteiger partial charge on any atom is -0.394 e. The maximum atomic E-state index is 12.0. The summed E-state index contributed by atoms with van der Waals surface area (Å²) in [4.78, 5) is 14.2. The van der Waals surface area contributed by atoms with Crippen molar-refractivity contribution in [2.45, 2.75) is 64.5 Å². The van der Waals surface area contributed by atoms with E-state index in [2.05, 4.69) is 24.1 Å². The molecule has 2 N–H and O–H groups in total. The van der Waals surface area contributed by atoms with Crippen LogP contribution in [0, 0.1) is 0 Å². The Bertz CT molecular complexity index is 279. The number of likely N-dealkylation sites (tertiary alicyclic amines) is 1. The number of hydrogen-bond acceptors (Lipinski definition) is 4. The van der Waals surface area contributed by atoms with Crippen molar-refractivity contribution in [1.82, 2.24) is 10.2 Å². The van der Waals surface area contributed by atoms with Gasteiger partial charge in [-0.25, -0.2) is 0 Å². The van der Waals surface area contributed by atoms with E-state index in [0.29, 0.717) is 13.2 Å². The molecule has 124 valence electrons. The zero-order chi connectivity index (χ0) is 15.5. The Balaban J connectivity index is 2.12. The third kappa shape index (κ3) is 8.39. The predicted octanol–water partition coefficient (Wildman–Crippen LogP) is 1.54. The highest BCUT2D eigenvalue weighted by molar-refractivity contribution is 5.78. The summed E-state index contributed by atoms with van der Waals surface area (Å²) in [5.74, 6) is 0.133. The molecule has 5 heteroatoms. The van der Waals surface area contributed by atoms with Crippen molar-refractivity contribution in [2.75, 3.05) is 32.8 Å². The highest BCUT2D eigenvalue weighted by Crippen LogP contribution is 2.13. The normalized spacial score (nSPS) is 18.6. The van der Waals surface area contributed by atoms with Gasteiger partial charge in [0.2, 0.25) is 5.91 Å². The van der Waals surface area contributed by atoms with Crippen LogP contribution in [0.25, 0.3) is 0 Å². The van der Waals surface area contributed by atoms with Gasteiger partial charge in [-0.3, -0.25) is 9.69 Å². The number of hydrogen-bond donors (Lipinski definition) is 2. The molecule has 0 saturated carbocycles. The summed E-state index contributed by atoms with van der Waals surface area (Å²) in [5.41, 5.74) is 0. The van der Waals surface area contributed by atoms with E-state index in [1.165, 1.54) is 19.3 Å². The Morgan fingerprint density at radius 2 is 2.10 bits per heavy atom. The monoisotopic (exact) mass is 300 g/mol. The van der Waals surface area contributed by atoms with E-state index in [1.54, 1.807) is 0 Å². The number of piperidine rings is 1. The van der Waals surface area contributed by atoms with Crippen LogP contribution in [0.2, 0.25) is 0 Å². The number of nitrogens with zero attached hydrogens (tertiary/aromatic N) is 1. The molecule has 1 aliphatic heterocycles. The summed E-state index contributed by atoms with van der Waals surface area (Å²) >= 11 is 0. The van der Waals surface area contributed by atoms with E-state index >= 15 is 0 Å². The van der Waals surface area contributed by atoms with Crippen molar-refractivity contribution in [3.8, 4) is 0 Å². The van der Waals surface area contributed by atoms with Crippen molar-refractivity contribution in [3.05, 3.63) is 0 Å². The Morgan fingerprint density at radius 3 is 2.71 bits per heavy atom. The summed E-state index contributed by atoms with van der Waals surface area (Å²) in [5, 5.41) is 11.8. The molecule has 0 aromatic rings. The van der Waals surface area contributed by atoms with Crippen LogP contribution < -0.4 is 5.32 Å². The summed E-state index contributed by atoms with van der Waals surface area (Å²) in [6.07, 6.45) is 6.83. The van der Waals surface area contributed by atoms with Crippen molar-refractivity contribution in [3.63, 3.8) is 0 Å². The maximum Gasteiger partial charge on any atom is 0.234 e. The smallest absolute Gasteiger partial charge is 0.234 e. The van der Waals surface area contributed by atoms with Crippen molar-refractivity contribution < 1.29 is 14.6 Å². The first-order valence-corrected chi connectivity index (χ1v) is 8.39. The maximum absolute atomic E-state index is 12.0. The molecule has 1 fully saturated rings. The molecule has 0 bridgehead atoms. The van der Waals surface area contributed by atoms with Crippen LogP contribution in [-0.4, -0.2) is 60.9 Å². The fraction of sp³-hybridized carbons (Fsp3) is 0.938. The third-order valence-electron chi connectivity index (χ3n) is 3.99. The SMILES string of the molecule is CCCCCC(C)NC(=O)CN1CCC(OCCO)CC1. The summed E-state index contributed by atoms with van der Waals surface area (Å²) in [6, 6.07) is 0.273. The van der Waals surface area contributed by atoms with Crippen LogP contribution in [0.3, 0.4) is 0 Å². The molecule has 0 aromatic heterocycles. The van der Waals surface area contributed by atoms with Gasteiger partial charge in [-0.05, 0) is 26.2 Å². The number of carbonyl (C=O) groups is 1. The van der Waals surface area contributed by atoms with E-state index in [9.17, 15) is 4.79 Å². The van der Waals surface area contributed by atoms with Gasteiger partial charge in [0, 0.05) is 19.1 Å². The zero-order valence-electron chi connectivity index (χ0n) is 13.6. The molecule has 1 amide bonds. The van der Waals surface area contributed by atoms with E-state index in [-0.39, 0.29) is 24.7 Å². The Morgan fingerprint density at radius 1 is 1.38 bits per heavy atom. The fourth-order valence-corrected chi connectivity index (χ4v) is 2.75. The number of carbonyl (C=O) groups excluding carboxylic acids is 1. The second-order valence-corrected chi connectivity index (χ2v) is 6.03. The predicted molar refractivity (Wildman–Crippen MR) is 84.2 cm³/mol. The average molecular weight is 300 g/mol. The lowest BCUT2D eigenvalue weighted by Gasteiger charge is -2.31. The van der Waals surface area contributed by atoms with Crippen LogP contribution in [0.5, 0.6) is 0 Å². The number of rotatable bonds is 10. The number of amides is 1. The van der Waals surface area contributed by atoms with Gasteiger partial charge in [0.15, 0.2) is 0 Å². The molecule has 1 heterocycles. The van der Waals surface area contributed by atoms with Crippen molar-refractivity contribution in [1.29, 1.82) is 0 Å². The summed E-state index contributed by atoms with van der Waals surface area (Å²) < 4.78 is 5.53. The first kappa shape index (κ1) is 18.4. The van der Waals surface area contributed by atoms with Crippen LogP contribution in [0.15, 0.2) is 0 Å². The average Bonchev–Trinajstić information content (AvgIpc) is 2.46. The highest BCUT2D eigenvalue weighted by Gasteiger charge is 2.21. The molecule has 21 heavy (non-hydrogen) atoms. The third-order valence-corrected chi connectivity index (χ3v) is 3.99. The van der Waals surface area contributed by atoms with Gasteiger partial charge >= 0.3 is 0 Å². The standard InChI is InChI=1S/C16H32N2O3/c1-3-4-5-6-14(2)17-16(20)13-18-9-7-15(8-10-18)21-12-11-19/h14-15,19H,3-13H2,1-2H3,(H,17,20). The van der Waals surface area contributed by atoms with E-state index in [4.69, 9.17) is 9.84 Å². The molecule has 5 nitrogen and oxygen atoms in total. The van der Waals surface area contributed by atoms with Gasteiger partial charge in [0.25, 0.3) is 0 Å². The molecule has 0 spiro atoms. The molecule has 1 atom stereocenters. The lowest BCUT2D eigenvalue weighted by atomic mass is 10.1. The first-order valence-electron chi connectivity index (χ1n) is 8.39. The van der Waals surface area contributed by atoms with Crippen LogP contribution >= 0.6 is 0 Å². The van der Waals surface area contributed by atoms with Crippen LogP contribution in [0.4, 0.5) is 0 Å². The van der Waals surface area contributed by atoms with Gasteiger partial charge in [-0.2, -0.15) is 0 Å². The van der Waals surface area contributed by atoms with Gasteiger partial charge in [0.05, 0.1) is 25.9 Å². The van der Waals surface area contributed by atoms with E-state index in [1.807, 2.05) is 0 Å². The Labute approximate surface area is 129 Å². The molecule has 0 radical (unpaired) electrons. The molecular formula is C16H32N2O3. The number of aliphatic hydroxyl groups is 1. The largest absolute Gasteiger partial charge is 0.394 e. The van der Waals surface area contributed by atoms with E-state index in [0.717, 1.165) is 32.4 Å². The van der Waals surface area contributed by atoms with Crippen LogP contribution in [0.1, 0.15) is 52.4 Å². The fourth-order valence-electron chi connectivity index (χ4n) is 2.75. The van der Waals surface area contributed by atoms with E-state index < -0.39 is 0 Å². The second kappa shape index (κ2) is 11.0. The van der Waals surface area contributed by atoms with Gasteiger partial charge in [0.1, 0.15) is 0 Å². The minimum atomic E-state index is 0.0819. The summed E-state index contributed by atoms with van der Waals surface area (Å²) in [6.45, 7) is 7.06. The highest BCUT2D eigenvalue weighted by atomic mass is 16.5. The molecule has 0 aromatic carbocycles. The Kier molecular flexibility index (Phi) is 9.63. The van der Waals surface area contributed by atoms with Gasteiger partial charge < -0.3 is 15.2 Å². The molecule has 1 unspecified atom stereocenters. The quantitative estimate of drug-likeness (QED) is 0.601. The number of aliphatic hydroxyl groups excluding tert-OH is 1. The molecule has 1 saturated heterocycles. The lowest BCUT2D eigenvalue weighted by molar-refractivity contribution is -0.123. The molecule has 1 aliphatic rings. The second-order valence-electron chi connectivity index (χ2n) is 6.03. The van der Waals surface area contributed by atoms with Crippen LogP contribution in [-0.2, 0) is 9.53 Å². The number of unbranched alkanes of at least 4 members (excludes halogenated alkanes) is 2. The van der Waals surface area contributed by atoms with Crippen molar-refractivity contribution >= 4 is 5.91 Å². The van der Waals surface area contributed by atoms with Crippen molar-refractivity contribution in [2.24, 2.45) is 0 Å². The summed E-state index contributed by atoms with van der Waals surface area (Å²) in [7, 11) is 0. The van der Waals surface area contributed by atoms with Gasteiger partial charge in [-0.1, -0.05) is 26.2 Å².